The first-order chi connectivity index (χ1) is 17.1. The van der Waals surface area contributed by atoms with Crippen LogP contribution in [0, 0.1) is 37.1 Å². The number of hydrogen-bond donors (Lipinski definition) is 1. The summed E-state index contributed by atoms with van der Waals surface area (Å²) in [7, 11) is 0. The third-order valence-electron chi connectivity index (χ3n) is 5.31. The van der Waals surface area contributed by atoms with Gasteiger partial charge >= 0.3 is 0 Å². The highest BCUT2D eigenvalue weighted by atomic mass is 35.5. The molecule has 0 saturated carbocycles. The fourth-order valence-electron chi connectivity index (χ4n) is 3.44. The van der Waals surface area contributed by atoms with E-state index in [0.717, 1.165) is 0 Å². The zero-order chi connectivity index (χ0) is 26.1. The molecule has 12 heteroatoms. The van der Waals surface area contributed by atoms with Gasteiger partial charge in [0.05, 0.1) is 23.6 Å². The molecule has 1 amide bonds. The first kappa shape index (κ1) is 25.6. The summed E-state index contributed by atoms with van der Waals surface area (Å²) < 4.78 is 66.0. The lowest BCUT2D eigenvalue weighted by Crippen LogP contribution is -2.12. The molecule has 0 aliphatic carbocycles. The molecule has 0 aliphatic rings. The minimum Gasteiger partial charge on any atom is -0.479 e. The van der Waals surface area contributed by atoms with Crippen LogP contribution in [0.1, 0.15) is 33.3 Å². The van der Waals surface area contributed by atoms with Crippen LogP contribution in [0.5, 0.6) is 5.75 Å². The van der Waals surface area contributed by atoms with E-state index in [1.807, 2.05) is 0 Å². The van der Waals surface area contributed by atoms with Gasteiger partial charge in [0.15, 0.2) is 23.1 Å². The molecule has 0 bridgehead atoms. The van der Waals surface area contributed by atoms with Gasteiger partial charge in [-0.25, -0.2) is 8.78 Å². The van der Waals surface area contributed by atoms with E-state index < -0.39 is 41.5 Å². The number of aromatic nitrogens is 2. The van der Waals surface area contributed by atoms with Crippen molar-refractivity contribution in [2.75, 3.05) is 5.32 Å². The Morgan fingerprint density at radius 3 is 2.33 bits per heavy atom. The lowest BCUT2D eigenvalue weighted by Gasteiger charge is -2.09. The number of nitrogens with zero attached hydrogens (tertiary/aromatic N) is 2. The molecular formula is C24H17Cl2F4N3O3. The molecule has 0 radical (unpaired) electrons. The van der Waals surface area contributed by atoms with E-state index in [0.29, 0.717) is 32.7 Å². The van der Waals surface area contributed by atoms with E-state index in [1.165, 1.54) is 12.1 Å². The Hall–Kier alpha value is -3.50. The van der Waals surface area contributed by atoms with Crippen LogP contribution < -0.4 is 10.1 Å². The molecule has 2 aromatic carbocycles. The number of carbonyl (C=O) groups is 1. The van der Waals surface area contributed by atoms with E-state index >= 15 is 0 Å². The van der Waals surface area contributed by atoms with Crippen molar-refractivity contribution in [2.45, 2.75) is 27.0 Å². The Kier molecular flexibility index (Phi) is 7.28. The lowest BCUT2D eigenvalue weighted by molar-refractivity contribution is 0.0992. The number of furan rings is 1. The molecule has 2 heterocycles. The average molecular weight is 542 g/mol. The standard InChI is InChI=1S/C24H17Cl2F4N3O3/c1-11-22(12(2)33(32-11)9-14-15(25)4-3-5-16(14)26)31-24(34)19-7-6-13(36-19)10-35-23-20(29)17(27)8-18(28)21(23)30/h3-8H,9-10H2,1-2H3,(H,31,34). The van der Waals surface area contributed by atoms with E-state index in [-0.39, 0.29) is 24.1 Å². The number of nitrogens with one attached hydrogen (secondary N) is 1. The van der Waals surface area contributed by atoms with Gasteiger partial charge in [-0.05, 0) is 38.1 Å². The van der Waals surface area contributed by atoms with Crippen LogP contribution in [-0.4, -0.2) is 15.7 Å². The minimum absolute atomic E-state index is 0.0129. The van der Waals surface area contributed by atoms with Gasteiger partial charge in [-0.3, -0.25) is 9.48 Å². The zero-order valence-corrected chi connectivity index (χ0v) is 20.3. The van der Waals surface area contributed by atoms with Gasteiger partial charge < -0.3 is 14.5 Å². The van der Waals surface area contributed by atoms with Crippen molar-refractivity contribution < 1.29 is 31.5 Å². The Morgan fingerprint density at radius 2 is 1.69 bits per heavy atom. The predicted octanol–water partition coefficient (Wildman–Crippen LogP) is 6.84. The van der Waals surface area contributed by atoms with Crippen molar-refractivity contribution in [1.29, 1.82) is 0 Å². The Balaban J connectivity index is 1.47. The smallest absolute Gasteiger partial charge is 0.291 e. The second-order valence-corrected chi connectivity index (χ2v) is 8.52. The van der Waals surface area contributed by atoms with E-state index in [4.69, 9.17) is 32.4 Å². The number of halogens is 6. The third kappa shape index (κ3) is 5.05. The van der Waals surface area contributed by atoms with Crippen molar-refractivity contribution in [3.63, 3.8) is 0 Å². The second-order valence-electron chi connectivity index (χ2n) is 7.71. The molecule has 0 unspecified atom stereocenters. The highest BCUT2D eigenvalue weighted by molar-refractivity contribution is 6.36. The summed E-state index contributed by atoms with van der Waals surface area (Å²) in [5.41, 5.74) is 2.27. The summed E-state index contributed by atoms with van der Waals surface area (Å²) >= 11 is 12.5. The first-order valence-corrected chi connectivity index (χ1v) is 11.1. The number of benzene rings is 2. The normalized spacial score (nSPS) is 11.1. The van der Waals surface area contributed by atoms with Crippen LogP contribution in [0.4, 0.5) is 23.2 Å². The van der Waals surface area contributed by atoms with Crippen molar-refractivity contribution in [2.24, 2.45) is 0 Å². The number of carbonyl (C=O) groups excluding carboxylic acids is 1. The van der Waals surface area contributed by atoms with Crippen molar-refractivity contribution in [3.05, 3.63) is 98.2 Å². The summed E-state index contributed by atoms with van der Waals surface area (Å²) in [6, 6.07) is 7.86. The van der Waals surface area contributed by atoms with Crippen LogP contribution in [0.3, 0.4) is 0 Å². The molecule has 4 aromatic rings. The van der Waals surface area contributed by atoms with Crippen LogP contribution in [-0.2, 0) is 13.2 Å². The zero-order valence-electron chi connectivity index (χ0n) is 18.8. The molecule has 0 fully saturated rings. The number of ether oxygens (including phenoxy) is 1. The molecule has 36 heavy (non-hydrogen) atoms. The molecule has 6 nitrogen and oxygen atoms in total. The summed E-state index contributed by atoms with van der Waals surface area (Å²) in [5.74, 6) is -8.58. The van der Waals surface area contributed by atoms with Crippen LogP contribution >= 0.6 is 23.2 Å². The summed E-state index contributed by atoms with van der Waals surface area (Å²) in [4.78, 5) is 12.7. The largest absolute Gasteiger partial charge is 0.479 e. The fraction of sp³-hybridized carbons (Fsp3) is 0.167. The molecular weight excluding hydrogens is 525 g/mol. The van der Waals surface area contributed by atoms with Gasteiger partial charge in [-0.2, -0.15) is 13.9 Å². The van der Waals surface area contributed by atoms with Gasteiger partial charge in [0.25, 0.3) is 5.91 Å². The fourth-order valence-corrected chi connectivity index (χ4v) is 3.96. The Bertz CT molecular complexity index is 1420. The summed E-state index contributed by atoms with van der Waals surface area (Å²) in [5, 5.41) is 8.10. The van der Waals surface area contributed by atoms with E-state index in [9.17, 15) is 22.4 Å². The molecule has 0 spiro atoms. The number of hydrogen-bond acceptors (Lipinski definition) is 4. The molecule has 0 aliphatic heterocycles. The maximum absolute atomic E-state index is 13.8. The highest BCUT2D eigenvalue weighted by Gasteiger charge is 2.22. The van der Waals surface area contributed by atoms with Gasteiger partial charge in [0, 0.05) is 21.7 Å². The van der Waals surface area contributed by atoms with Crippen molar-refractivity contribution >= 4 is 34.8 Å². The molecule has 4 rings (SSSR count). The van der Waals surface area contributed by atoms with Crippen LogP contribution in [0.25, 0.3) is 0 Å². The minimum atomic E-state index is -1.68. The van der Waals surface area contributed by atoms with Crippen molar-refractivity contribution in [3.8, 4) is 5.75 Å². The van der Waals surface area contributed by atoms with E-state index in [1.54, 1.807) is 36.7 Å². The topological polar surface area (TPSA) is 69.3 Å². The van der Waals surface area contributed by atoms with Crippen LogP contribution in [0.15, 0.2) is 40.8 Å². The van der Waals surface area contributed by atoms with E-state index in [2.05, 4.69) is 10.4 Å². The SMILES string of the molecule is Cc1nn(Cc2c(Cl)cccc2Cl)c(C)c1NC(=O)c1ccc(COc2c(F)c(F)cc(F)c2F)o1. The first-order valence-electron chi connectivity index (χ1n) is 10.4. The summed E-state index contributed by atoms with van der Waals surface area (Å²) in [6.07, 6.45) is 0. The van der Waals surface area contributed by atoms with Gasteiger partial charge in [0.1, 0.15) is 12.4 Å². The van der Waals surface area contributed by atoms with Crippen molar-refractivity contribution in [1.82, 2.24) is 9.78 Å². The van der Waals surface area contributed by atoms with Gasteiger partial charge in [-0.1, -0.05) is 29.3 Å². The molecule has 0 atom stereocenters. The molecule has 188 valence electrons. The summed E-state index contributed by atoms with van der Waals surface area (Å²) in [6.45, 7) is 3.15. The number of amides is 1. The maximum atomic E-state index is 13.8. The van der Waals surface area contributed by atoms with Gasteiger partial charge in [-0.15, -0.1) is 0 Å². The van der Waals surface area contributed by atoms with Gasteiger partial charge in [0.2, 0.25) is 11.6 Å². The Labute approximate surface area is 212 Å². The quantitative estimate of drug-likeness (QED) is 0.205. The highest BCUT2D eigenvalue weighted by Crippen LogP contribution is 2.29. The predicted molar refractivity (Wildman–Crippen MR) is 125 cm³/mol. The molecule has 1 N–H and O–H groups in total. The lowest BCUT2D eigenvalue weighted by atomic mass is 10.2. The number of anilines is 1. The number of aryl methyl sites for hydroxylation is 1. The van der Waals surface area contributed by atoms with Crippen LogP contribution in [0.2, 0.25) is 10.0 Å². The average Bonchev–Trinajstić information content (AvgIpc) is 3.40. The molecule has 0 saturated heterocycles. The second kappa shape index (κ2) is 10.2. The number of rotatable bonds is 7. The monoisotopic (exact) mass is 541 g/mol. The molecule has 2 aromatic heterocycles. The maximum Gasteiger partial charge on any atom is 0.291 e. The third-order valence-corrected chi connectivity index (χ3v) is 6.01. The Morgan fingerprint density at radius 1 is 1.06 bits per heavy atom.